The number of aliphatic hydroxyl groups is 1. The quantitative estimate of drug-likeness (QED) is 0.415. The molecule has 6 unspecified atom stereocenters. The van der Waals surface area contributed by atoms with E-state index < -0.39 is 17.4 Å². The molecule has 0 aromatic rings. The maximum absolute atomic E-state index is 12.9. The second-order valence-corrected chi connectivity index (χ2v) is 8.42. The summed E-state index contributed by atoms with van der Waals surface area (Å²) in [6.07, 6.45) is 1.43. The molecule has 3 aliphatic carbocycles. The van der Waals surface area contributed by atoms with E-state index in [-0.39, 0.29) is 36.1 Å². The van der Waals surface area contributed by atoms with Gasteiger partial charge in [-0.25, -0.2) is 4.79 Å². The summed E-state index contributed by atoms with van der Waals surface area (Å²) in [5.41, 5.74) is 3.40. The van der Waals surface area contributed by atoms with Crippen molar-refractivity contribution in [3.05, 3.63) is 34.4 Å². The summed E-state index contributed by atoms with van der Waals surface area (Å²) < 4.78 is 11.5. The first-order valence-corrected chi connectivity index (χ1v) is 8.98. The lowest BCUT2D eigenvalue weighted by Crippen LogP contribution is -2.43. The van der Waals surface area contributed by atoms with Crippen LogP contribution in [0.1, 0.15) is 40.0 Å². The minimum absolute atomic E-state index is 0.0383. The Hall–Kier alpha value is -1.72. The number of carbonyl (C=O) groups excluding carboxylic acids is 2. The molecule has 1 saturated heterocycles. The van der Waals surface area contributed by atoms with Crippen molar-refractivity contribution in [3.63, 3.8) is 0 Å². The van der Waals surface area contributed by atoms with Gasteiger partial charge >= 0.3 is 5.97 Å². The molecule has 25 heavy (non-hydrogen) atoms. The number of hydrogen-bond donors (Lipinski definition) is 1. The summed E-state index contributed by atoms with van der Waals surface area (Å²) in [6.45, 7) is 9.93. The lowest BCUT2D eigenvalue weighted by molar-refractivity contribution is -0.185. The van der Waals surface area contributed by atoms with Gasteiger partial charge in [0.25, 0.3) is 0 Å². The molecule has 5 aliphatic rings. The highest BCUT2D eigenvalue weighted by molar-refractivity contribution is 6.02. The number of carbonyl (C=O) groups is 2. The fourth-order valence-corrected chi connectivity index (χ4v) is 5.66. The van der Waals surface area contributed by atoms with Gasteiger partial charge in [-0.1, -0.05) is 19.1 Å². The van der Waals surface area contributed by atoms with E-state index >= 15 is 0 Å². The topological polar surface area (TPSA) is 76.1 Å². The zero-order valence-corrected chi connectivity index (χ0v) is 14.7. The van der Waals surface area contributed by atoms with E-state index in [1.165, 1.54) is 0 Å². The summed E-state index contributed by atoms with van der Waals surface area (Å²) in [5.74, 6) is -2.44. The standard InChI is InChI=1S/C20H22O5/c1-8-5-6-20(23)14(10(3)18(22)25-20)15-12(8)13-11(7-9(2)16(13)21)17-19(15,4)24-17/h9,12,15,17,23H,1,5-7H2,2-4H3. The van der Waals surface area contributed by atoms with Crippen molar-refractivity contribution in [1.29, 1.82) is 0 Å². The molecule has 5 heteroatoms. The van der Waals surface area contributed by atoms with Crippen LogP contribution in [0.2, 0.25) is 0 Å². The Labute approximate surface area is 146 Å². The van der Waals surface area contributed by atoms with Gasteiger partial charge in [-0.2, -0.15) is 0 Å². The third-order valence-electron chi connectivity index (χ3n) is 6.93. The molecule has 0 radical (unpaired) electrons. The Bertz CT molecular complexity index is 833. The van der Waals surface area contributed by atoms with Crippen molar-refractivity contribution in [1.82, 2.24) is 0 Å². The van der Waals surface area contributed by atoms with Crippen molar-refractivity contribution >= 4 is 11.8 Å². The highest BCUT2D eigenvalue weighted by atomic mass is 16.7. The summed E-state index contributed by atoms with van der Waals surface area (Å²) >= 11 is 0. The number of Topliss-reactive ketones (excluding diaryl/α,β-unsaturated/α-hetero) is 1. The third-order valence-corrected chi connectivity index (χ3v) is 6.93. The molecule has 1 saturated carbocycles. The number of rotatable bonds is 0. The summed E-state index contributed by atoms with van der Waals surface area (Å²) in [6, 6.07) is 0. The van der Waals surface area contributed by atoms with Crippen molar-refractivity contribution in [2.24, 2.45) is 17.8 Å². The van der Waals surface area contributed by atoms with Crippen LogP contribution in [0.3, 0.4) is 0 Å². The van der Waals surface area contributed by atoms with Gasteiger partial charge in [0, 0.05) is 40.9 Å². The first kappa shape index (κ1) is 15.5. The molecule has 5 nitrogen and oxygen atoms in total. The summed E-state index contributed by atoms with van der Waals surface area (Å²) in [5, 5.41) is 11.1. The smallest absolute Gasteiger partial charge is 0.336 e. The molecule has 0 aromatic carbocycles. The molecule has 1 N–H and O–H groups in total. The maximum Gasteiger partial charge on any atom is 0.336 e. The Kier molecular flexibility index (Phi) is 2.69. The molecule has 0 spiro atoms. The molecule has 0 amide bonds. The van der Waals surface area contributed by atoms with E-state index in [1.54, 1.807) is 6.92 Å². The van der Waals surface area contributed by atoms with Crippen molar-refractivity contribution in [2.45, 2.75) is 57.5 Å². The molecular weight excluding hydrogens is 320 g/mol. The molecule has 0 aromatic heterocycles. The number of allylic oxidation sites excluding steroid dienone is 2. The van der Waals surface area contributed by atoms with E-state index in [0.29, 0.717) is 17.6 Å². The van der Waals surface area contributed by atoms with E-state index in [4.69, 9.17) is 9.47 Å². The van der Waals surface area contributed by atoms with Gasteiger partial charge in [0.2, 0.25) is 5.79 Å². The second kappa shape index (κ2) is 4.33. The Morgan fingerprint density at radius 3 is 2.76 bits per heavy atom. The van der Waals surface area contributed by atoms with Gasteiger partial charge in [-0.05, 0) is 32.3 Å². The van der Waals surface area contributed by atoms with Crippen LogP contribution < -0.4 is 0 Å². The number of esters is 1. The highest BCUT2D eigenvalue weighted by Gasteiger charge is 2.71. The van der Waals surface area contributed by atoms with Crippen LogP contribution >= 0.6 is 0 Å². The number of hydrogen-bond acceptors (Lipinski definition) is 5. The van der Waals surface area contributed by atoms with Crippen molar-refractivity contribution in [2.75, 3.05) is 0 Å². The van der Waals surface area contributed by atoms with Crippen molar-refractivity contribution < 1.29 is 24.2 Å². The van der Waals surface area contributed by atoms with E-state index in [1.807, 2.05) is 13.8 Å². The van der Waals surface area contributed by atoms with Gasteiger partial charge < -0.3 is 14.6 Å². The predicted octanol–water partition coefficient (Wildman–Crippen LogP) is 2.21. The van der Waals surface area contributed by atoms with Gasteiger partial charge in [-0.15, -0.1) is 0 Å². The monoisotopic (exact) mass is 342 g/mol. The SMILES string of the molecule is C=C1CCC2(O)OC(=O)C(C)=C2C2C1C1=C(CC(C)C1=O)C1OC12C. The Morgan fingerprint density at radius 2 is 2.04 bits per heavy atom. The van der Waals surface area contributed by atoms with Crippen LogP contribution in [0.15, 0.2) is 34.4 Å². The largest absolute Gasteiger partial charge is 0.426 e. The lowest BCUT2D eigenvalue weighted by Gasteiger charge is -2.37. The van der Waals surface area contributed by atoms with Gasteiger partial charge in [0.15, 0.2) is 5.78 Å². The van der Waals surface area contributed by atoms with Gasteiger partial charge in [0.05, 0.1) is 0 Å². The highest BCUT2D eigenvalue weighted by Crippen LogP contribution is 2.66. The molecule has 2 heterocycles. The van der Waals surface area contributed by atoms with Crippen LogP contribution in [0.25, 0.3) is 0 Å². The molecule has 2 fully saturated rings. The van der Waals surface area contributed by atoms with E-state index in [2.05, 4.69) is 6.58 Å². The first-order valence-electron chi connectivity index (χ1n) is 8.98. The van der Waals surface area contributed by atoms with Gasteiger partial charge in [0.1, 0.15) is 11.7 Å². The predicted molar refractivity (Wildman–Crippen MR) is 88.2 cm³/mol. The number of ether oxygens (including phenoxy) is 2. The fourth-order valence-electron chi connectivity index (χ4n) is 5.66. The van der Waals surface area contributed by atoms with Crippen LogP contribution in [0.5, 0.6) is 0 Å². The zero-order valence-electron chi connectivity index (χ0n) is 14.7. The molecule has 0 bridgehead atoms. The lowest BCUT2D eigenvalue weighted by atomic mass is 9.64. The van der Waals surface area contributed by atoms with Crippen molar-refractivity contribution in [3.8, 4) is 0 Å². The van der Waals surface area contributed by atoms with E-state index in [0.717, 1.165) is 23.1 Å². The summed E-state index contributed by atoms with van der Waals surface area (Å²) in [4.78, 5) is 25.1. The molecular formula is C20H22O5. The molecule has 5 rings (SSSR count). The first-order chi connectivity index (χ1) is 11.7. The molecule has 2 aliphatic heterocycles. The number of ketones is 1. The number of fused-ring (bicyclic) bond motifs is 7. The van der Waals surface area contributed by atoms with Crippen LogP contribution in [-0.2, 0) is 19.1 Å². The van der Waals surface area contributed by atoms with Crippen LogP contribution in [0.4, 0.5) is 0 Å². The maximum atomic E-state index is 12.9. The minimum Gasteiger partial charge on any atom is -0.426 e. The third kappa shape index (κ3) is 1.66. The normalized spacial score (nSPS) is 47.9. The molecule has 132 valence electrons. The second-order valence-electron chi connectivity index (χ2n) is 8.42. The van der Waals surface area contributed by atoms with Gasteiger partial charge in [-0.3, -0.25) is 4.79 Å². The Morgan fingerprint density at radius 1 is 1.32 bits per heavy atom. The van der Waals surface area contributed by atoms with E-state index in [9.17, 15) is 14.7 Å². The number of epoxide rings is 1. The fraction of sp³-hybridized carbons (Fsp3) is 0.600. The average Bonchev–Trinajstić information content (AvgIpc) is 3.12. The minimum atomic E-state index is -1.60. The average molecular weight is 342 g/mol. The zero-order chi connectivity index (χ0) is 17.9. The summed E-state index contributed by atoms with van der Waals surface area (Å²) in [7, 11) is 0. The van der Waals surface area contributed by atoms with Crippen LogP contribution in [-0.4, -0.2) is 34.4 Å². The Balaban J connectivity index is 1.77. The van der Waals surface area contributed by atoms with Crippen LogP contribution in [0, 0.1) is 17.8 Å². The molecule has 6 atom stereocenters.